The highest BCUT2D eigenvalue weighted by molar-refractivity contribution is 8.01. The molecule has 1 aliphatic rings. The molecule has 1 rings (SSSR count). The van der Waals surface area contributed by atoms with Crippen molar-refractivity contribution in [1.29, 1.82) is 5.26 Å². The predicted molar refractivity (Wildman–Crippen MR) is 62.0 cm³/mol. The zero-order valence-corrected chi connectivity index (χ0v) is 10.1. The summed E-state index contributed by atoms with van der Waals surface area (Å²) in [5.74, 6) is 1.14. The summed E-state index contributed by atoms with van der Waals surface area (Å²) in [6, 6.07) is 2.46. The number of hydrogen-bond donors (Lipinski definition) is 0. The Morgan fingerprint density at radius 2 is 2.27 bits per heavy atom. The Morgan fingerprint density at radius 1 is 1.40 bits per heavy atom. The van der Waals surface area contributed by atoms with Gasteiger partial charge in [-0.25, -0.2) is 0 Å². The standard InChI is InChI=1S/C11H19NO2S/c1-13-7-8-14-6-2-4-11(10-12)5-3-9-15-11/h2-9H2,1H3. The van der Waals surface area contributed by atoms with Crippen molar-refractivity contribution in [3.8, 4) is 6.07 Å². The lowest BCUT2D eigenvalue weighted by Crippen LogP contribution is -2.19. The van der Waals surface area contributed by atoms with Crippen LogP contribution >= 0.6 is 11.8 Å². The first kappa shape index (κ1) is 12.8. The average molecular weight is 229 g/mol. The molecule has 0 aromatic rings. The monoisotopic (exact) mass is 229 g/mol. The molecule has 15 heavy (non-hydrogen) atoms. The summed E-state index contributed by atoms with van der Waals surface area (Å²) >= 11 is 1.82. The van der Waals surface area contributed by atoms with Crippen molar-refractivity contribution in [3.05, 3.63) is 0 Å². The van der Waals surface area contributed by atoms with Gasteiger partial charge in [-0.15, -0.1) is 11.8 Å². The van der Waals surface area contributed by atoms with Crippen LogP contribution in [0, 0.1) is 11.3 Å². The second-order valence-corrected chi connectivity index (χ2v) is 5.25. The van der Waals surface area contributed by atoms with Crippen molar-refractivity contribution in [2.45, 2.75) is 30.4 Å². The van der Waals surface area contributed by atoms with E-state index >= 15 is 0 Å². The topological polar surface area (TPSA) is 42.2 Å². The zero-order chi connectivity index (χ0) is 11.0. The van der Waals surface area contributed by atoms with Gasteiger partial charge >= 0.3 is 0 Å². The van der Waals surface area contributed by atoms with E-state index in [0.717, 1.165) is 31.6 Å². The number of hydrogen-bond acceptors (Lipinski definition) is 4. The van der Waals surface area contributed by atoms with Gasteiger partial charge < -0.3 is 9.47 Å². The molecule has 0 spiro atoms. The average Bonchev–Trinajstić information content (AvgIpc) is 2.73. The molecule has 1 fully saturated rings. The fraction of sp³-hybridized carbons (Fsp3) is 0.909. The van der Waals surface area contributed by atoms with Crippen molar-refractivity contribution < 1.29 is 9.47 Å². The number of ether oxygens (including phenoxy) is 2. The fourth-order valence-electron chi connectivity index (χ4n) is 1.74. The molecule has 0 aliphatic carbocycles. The summed E-state index contributed by atoms with van der Waals surface area (Å²) in [5, 5.41) is 9.13. The third-order valence-corrected chi connectivity index (χ3v) is 4.15. The fourth-order valence-corrected chi connectivity index (χ4v) is 3.06. The summed E-state index contributed by atoms with van der Waals surface area (Å²) in [4.78, 5) is 0. The third-order valence-electron chi connectivity index (χ3n) is 2.61. The molecule has 4 heteroatoms. The molecule has 0 N–H and O–H groups in total. The molecule has 1 aliphatic heterocycles. The molecular formula is C11H19NO2S. The van der Waals surface area contributed by atoms with Gasteiger partial charge in [-0.1, -0.05) is 0 Å². The smallest absolute Gasteiger partial charge is 0.102 e. The van der Waals surface area contributed by atoms with Crippen LogP contribution in [0.4, 0.5) is 0 Å². The molecule has 1 saturated heterocycles. The molecule has 0 bridgehead atoms. The van der Waals surface area contributed by atoms with E-state index in [0.29, 0.717) is 13.2 Å². The first-order chi connectivity index (χ1) is 7.33. The van der Waals surface area contributed by atoms with Gasteiger partial charge in [-0.3, -0.25) is 0 Å². The van der Waals surface area contributed by atoms with Crippen molar-refractivity contribution in [3.63, 3.8) is 0 Å². The lowest BCUT2D eigenvalue weighted by Gasteiger charge is -2.18. The molecule has 0 amide bonds. The largest absolute Gasteiger partial charge is 0.382 e. The Balaban J connectivity index is 2.06. The van der Waals surface area contributed by atoms with Gasteiger partial charge in [-0.05, 0) is 31.4 Å². The lowest BCUT2D eigenvalue weighted by molar-refractivity contribution is 0.0682. The van der Waals surface area contributed by atoms with Crippen molar-refractivity contribution in [2.75, 3.05) is 32.7 Å². The molecule has 0 aromatic carbocycles. The van der Waals surface area contributed by atoms with Crippen LogP contribution in [0.2, 0.25) is 0 Å². The van der Waals surface area contributed by atoms with Crippen LogP contribution in [0.5, 0.6) is 0 Å². The van der Waals surface area contributed by atoms with Crippen LogP contribution in [0.3, 0.4) is 0 Å². The minimum atomic E-state index is -0.107. The number of nitrogens with zero attached hydrogens (tertiary/aromatic N) is 1. The lowest BCUT2D eigenvalue weighted by atomic mass is 9.99. The van der Waals surface area contributed by atoms with E-state index in [9.17, 15) is 0 Å². The second kappa shape index (κ2) is 7.10. The Labute approximate surface area is 96.1 Å². The van der Waals surface area contributed by atoms with Gasteiger partial charge in [0, 0.05) is 13.7 Å². The van der Waals surface area contributed by atoms with Crippen molar-refractivity contribution in [1.82, 2.24) is 0 Å². The van der Waals surface area contributed by atoms with Gasteiger partial charge in [0.05, 0.1) is 19.3 Å². The first-order valence-electron chi connectivity index (χ1n) is 5.45. The van der Waals surface area contributed by atoms with Gasteiger partial charge in [-0.2, -0.15) is 5.26 Å². The minimum absolute atomic E-state index is 0.107. The summed E-state index contributed by atoms with van der Waals surface area (Å²) in [7, 11) is 1.67. The second-order valence-electron chi connectivity index (χ2n) is 3.77. The van der Waals surface area contributed by atoms with Crippen molar-refractivity contribution in [2.24, 2.45) is 0 Å². The molecule has 0 radical (unpaired) electrons. The summed E-state index contributed by atoms with van der Waals surface area (Å²) < 4.78 is 10.2. The van der Waals surface area contributed by atoms with Crippen molar-refractivity contribution >= 4 is 11.8 Å². The van der Waals surface area contributed by atoms with E-state index < -0.39 is 0 Å². The summed E-state index contributed by atoms with van der Waals surface area (Å²) in [5.41, 5.74) is 0. The van der Waals surface area contributed by atoms with Gasteiger partial charge in [0.2, 0.25) is 0 Å². The van der Waals surface area contributed by atoms with E-state index in [4.69, 9.17) is 14.7 Å². The summed E-state index contributed by atoms with van der Waals surface area (Å²) in [6.07, 6.45) is 4.17. The van der Waals surface area contributed by atoms with Gasteiger partial charge in [0.1, 0.15) is 4.75 Å². The maximum absolute atomic E-state index is 9.13. The van der Waals surface area contributed by atoms with Crippen LogP contribution in [0.1, 0.15) is 25.7 Å². The predicted octanol–water partition coefficient (Wildman–Crippen LogP) is 2.22. The zero-order valence-electron chi connectivity index (χ0n) is 9.33. The van der Waals surface area contributed by atoms with Crippen LogP contribution in [-0.2, 0) is 9.47 Å². The van der Waals surface area contributed by atoms with E-state index in [1.165, 1.54) is 6.42 Å². The van der Waals surface area contributed by atoms with Crippen LogP contribution in [-0.4, -0.2) is 37.4 Å². The third kappa shape index (κ3) is 4.42. The molecule has 1 heterocycles. The number of rotatable bonds is 7. The summed E-state index contributed by atoms with van der Waals surface area (Å²) in [6.45, 7) is 2.05. The van der Waals surface area contributed by atoms with Gasteiger partial charge in [0.15, 0.2) is 0 Å². The highest BCUT2D eigenvalue weighted by Crippen LogP contribution is 2.40. The molecule has 1 unspecified atom stereocenters. The molecule has 0 aromatic heterocycles. The van der Waals surface area contributed by atoms with E-state index in [1.54, 1.807) is 7.11 Å². The molecule has 0 saturated carbocycles. The quantitative estimate of drug-likeness (QED) is 0.628. The Kier molecular flexibility index (Phi) is 6.07. The maximum atomic E-state index is 9.13. The highest BCUT2D eigenvalue weighted by Gasteiger charge is 2.33. The number of thioether (sulfide) groups is 1. The van der Waals surface area contributed by atoms with E-state index in [1.807, 2.05) is 11.8 Å². The Hall–Kier alpha value is -0.240. The normalized spacial score (nSPS) is 25.3. The molecular weight excluding hydrogens is 210 g/mol. The Morgan fingerprint density at radius 3 is 2.87 bits per heavy atom. The van der Waals surface area contributed by atoms with E-state index in [2.05, 4.69) is 6.07 Å². The highest BCUT2D eigenvalue weighted by atomic mass is 32.2. The van der Waals surface area contributed by atoms with Gasteiger partial charge in [0.25, 0.3) is 0 Å². The van der Waals surface area contributed by atoms with E-state index in [-0.39, 0.29) is 4.75 Å². The van der Waals surface area contributed by atoms with Crippen LogP contribution in [0.15, 0.2) is 0 Å². The van der Waals surface area contributed by atoms with Crippen LogP contribution in [0.25, 0.3) is 0 Å². The van der Waals surface area contributed by atoms with Crippen LogP contribution < -0.4 is 0 Å². The number of methoxy groups -OCH3 is 1. The number of nitriles is 1. The first-order valence-corrected chi connectivity index (χ1v) is 6.43. The molecule has 1 atom stereocenters. The maximum Gasteiger partial charge on any atom is 0.102 e. The molecule has 86 valence electrons. The minimum Gasteiger partial charge on any atom is -0.382 e. The Bertz CT molecular complexity index is 209. The molecule has 3 nitrogen and oxygen atoms in total. The SMILES string of the molecule is COCCOCCCC1(C#N)CCCS1.